The number of nitrogens with one attached hydrogen (secondary N) is 1. The van der Waals surface area contributed by atoms with E-state index in [1.54, 1.807) is 18.3 Å². The van der Waals surface area contributed by atoms with E-state index in [2.05, 4.69) is 9.97 Å². The third-order valence-electron chi connectivity index (χ3n) is 2.67. The number of anilines is 1. The Morgan fingerprint density at radius 1 is 1.12 bits per heavy atom. The Bertz CT molecular complexity index is 671. The molecule has 0 spiro atoms. The van der Waals surface area contributed by atoms with E-state index in [9.17, 15) is 5.11 Å². The largest absolute Gasteiger partial charge is 0.508 e. The summed E-state index contributed by atoms with van der Waals surface area (Å²) in [6.07, 6.45) is 1.62. The number of aromatic nitrogens is 2. The molecule has 0 saturated carbocycles. The van der Waals surface area contributed by atoms with Crippen molar-refractivity contribution < 1.29 is 5.11 Å². The Hall–Kier alpha value is -2.49. The highest BCUT2D eigenvalue weighted by molar-refractivity contribution is 5.86. The van der Waals surface area contributed by atoms with Gasteiger partial charge in [0, 0.05) is 10.9 Å². The number of H-pyrrole nitrogens is 1. The molecule has 2 aromatic heterocycles. The van der Waals surface area contributed by atoms with Gasteiger partial charge in [-0.15, -0.1) is 0 Å². The number of aromatic amines is 1. The molecule has 0 aliphatic heterocycles. The molecule has 0 fully saturated rings. The SMILES string of the molecule is Nc1ccc(-c2cc3cc(O)ccc3[nH]2)nc1. The van der Waals surface area contributed by atoms with Gasteiger partial charge in [-0.2, -0.15) is 0 Å². The minimum absolute atomic E-state index is 0.258. The van der Waals surface area contributed by atoms with E-state index in [-0.39, 0.29) is 5.75 Å². The zero-order valence-electron chi connectivity index (χ0n) is 9.01. The van der Waals surface area contributed by atoms with Crippen molar-refractivity contribution in [1.29, 1.82) is 0 Å². The van der Waals surface area contributed by atoms with Crippen LogP contribution in [-0.4, -0.2) is 15.1 Å². The molecule has 0 aliphatic carbocycles. The minimum atomic E-state index is 0.258. The van der Waals surface area contributed by atoms with Gasteiger partial charge in [0.15, 0.2) is 0 Å². The highest BCUT2D eigenvalue weighted by atomic mass is 16.3. The van der Waals surface area contributed by atoms with E-state index in [1.165, 1.54) is 0 Å². The summed E-state index contributed by atoms with van der Waals surface area (Å²) in [7, 11) is 0. The van der Waals surface area contributed by atoms with Gasteiger partial charge in [0.2, 0.25) is 0 Å². The molecule has 4 N–H and O–H groups in total. The Balaban J connectivity index is 2.14. The number of hydrogen-bond acceptors (Lipinski definition) is 3. The smallest absolute Gasteiger partial charge is 0.116 e. The predicted molar refractivity (Wildman–Crippen MR) is 67.6 cm³/mol. The zero-order chi connectivity index (χ0) is 11.8. The van der Waals surface area contributed by atoms with Crippen LogP contribution in [0.2, 0.25) is 0 Å². The molecule has 17 heavy (non-hydrogen) atoms. The fourth-order valence-electron chi connectivity index (χ4n) is 1.82. The molecule has 0 amide bonds. The normalized spacial score (nSPS) is 10.8. The van der Waals surface area contributed by atoms with Gasteiger partial charge in [-0.25, -0.2) is 0 Å². The van der Waals surface area contributed by atoms with Crippen molar-refractivity contribution in [2.45, 2.75) is 0 Å². The number of rotatable bonds is 1. The van der Waals surface area contributed by atoms with Crippen molar-refractivity contribution in [3.63, 3.8) is 0 Å². The van der Waals surface area contributed by atoms with Crippen LogP contribution in [0.5, 0.6) is 5.75 Å². The maximum absolute atomic E-state index is 9.40. The second kappa shape index (κ2) is 3.52. The van der Waals surface area contributed by atoms with Crippen LogP contribution in [0.4, 0.5) is 5.69 Å². The molecule has 0 radical (unpaired) electrons. The molecular formula is C13H11N3O. The van der Waals surface area contributed by atoms with Crippen LogP contribution in [-0.2, 0) is 0 Å². The Kier molecular flexibility index (Phi) is 2.01. The quantitative estimate of drug-likeness (QED) is 0.595. The topological polar surface area (TPSA) is 74.9 Å². The predicted octanol–water partition coefficient (Wildman–Crippen LogP) is 2.52. The highest BCUT2D eigenvalue weighted by Gasteiger charge is 2.04. The molecule has 0 atom stereocenters. The Labute approximate surface area is 97.7 Å². The zero-order valence-corrected chi connectivity index (χ0v) is 9.01. The highest BCUT2D eigenvalue weighted by Crippen LogP contribution is 2.25. The van der Waals surface area contributed by atoms with E-state index in [0.717, 1.165) is 22.3 Å². The van der Waals surface area contributed by atoms with E-state index in [1.807, 2.05) is 24.3 Å². The van der Waals surface area contributed by atoms with Crippen molar-refractivity contribution in [1.82, 2.24) is 9.97 Å². The Morgan fingerprint density at radius 2 is 2.00 bits per heavy atom. The van der Waals surface area contributed by atoms with Gasteiger partial charge in [0.05, 0.1) is 23.3 Å². The van der Waals surface area contributed by atoms with Gasteiger partial charge >= 0.3 is 0 Å². The number of pyridine rings is 1. The fourth-order valence-corrected chi connectivity index (χ4v) is 1.82. The van der Waals surface area contributed by atoms with Crippen LogP contribution in [0.25, 0.3) is 22.3 Å². The first kappa shape index (κ1) is 9.72. The lowest BCUT2D eigenvalue weighted by Crippen LogP contribution is -1.87. The molecule has 3 aromatic rings. The van der Waals surface area contributed by atoms with Gasteiger partial charge < -0.3 is 15.8 Å². The number of phenols is 1. The fraction of sp³-hybridized carbons (Fsp3) is 0. The van der Waals surface area contributed by atoms with Gasteiger partial charge in [0.25, 0.3) is 0 Å². The lowest BCUT2D eigenvalue weighted by molar-refractivity contribution is 0.476. The number of nitrogens with two attached hydrogens (primary N) is 1. The summed E-state index contributed by atoms with van der Waals surface area (Å²) in [5.74, 6) is 0.258. The number of phenolic OH excluding ortho intramolecular Hbond substituents is 1. The standard InChI is InChI=1S/C13H11N3O/c14-9-1-3-12(15-7-9)13-6-8-5-10(17)2-4-11(8)16-13/h1-7,16-17H,14H2. The van der Waals surface area contributed by atoms with Crippen LogP contribution >= 0.6 is 0 Å². The summed E-state index contributed by atoms with van der Waals surface area (Å²) in [6, 6.07) is 10.8. The summed E-state index contributed by atoms with van der Waals surface area (Å²) in [4.78, 5) is 7.49. The molecular weight excluding hydrogens is 214 g/mol. The number of nitrogens with zero attached hydrogens (tertiary/aromatic N) is 1. The number of aromatic hydroxyl groups is 1. The number of fused-ring (bicyclic) bond motifs is 1. The number of hydrogen-bond donors (Lipinski definition) is 3. The molecule has 0 saturated heterocycles. The average Bonchev–Trinajstić information content (AvgIpc) is 2.72. The summed E-state index contributed by atoms with van der Waals surface area (Å²) < 4.78 is 0. The number of nitrogen functional groups attached to an aromatic ring is 1. The van der Waals surface area contributed by atoms with E-state index < -0.39 is 0 Å². The first-order valence-corrected chi connectivity index (χ1v) is 5.26. The molecule has 3 rings (SSSR count). The summed E-state index contributed by atoms with van der Waals surface area (Å²) in [5.41, 5.74) is 8.94. The van der Waals surface area contributed by atoms with Crippen LogP contribution in [0.15, 0.2) is 42.6 Å². The van der Waals surface area contributed by atoms with Crippen molar-refractivity contribution >= 4 is 16.6 Å². The lowest BCUT2D eigenvalue weighted by Gasteiger charge is -1.96. The van der Waals surface area contributed by atoms with E-state index >= 15 is 0 Å². The second-order valence-electron chi connectivity index (χ2n) is 3.93. The monoisotopic (exact) mass is 225 g/mol. The third kappa shape index (κ3) is 1.69. The summed E-state index contributed by atoms with van der Waals surface area (Å²) >= 11 is 0. The first-order chi connectivity index (χ1) is 8.22. The van der Waals surface area contributed by atoms with Crippen molar-refractivity contribution in [2.75, 3.05) is 5.73 Å². The van der Waals surface area contributed by atoms with Gasteiger partial charge in [-0.3, -0.25) is 4.98 Å². The average molecular weight is 225 g/mol. The van der Waals surface area contributed by atoms with Crippen molar-refractivity contribution in [2.24, 2.45) is 0 Å². The Morgan fingerprint density at radius 3 is 2.76 bits per heavy atom. The number of benzene rings is 1. The van der Waals surface area contributed by atoms with Crippen LogP contribution in [0, 0.1) is 0 Å². The maximum Gasteiger partial charge on any atom is 0.116 e. The molecule has 4 nitrogen and oxygen atoms in total. The molecule has 2 heterocycles. The maximum atomic E-state index is 9.40. The van der Waals surface area contributed by atoms with Crippen LogP contribution in [0.1, 0.15) is 0 Å². The second-order valence-corrected chi connectivity index (χ2v) is 3.93. The summed E-state index contributed by atoms with van der Waals surface area (Å²) in [6.45, 7) is 0. The van der Waals surface area contributed by atoms with Crippen LogP contribution in [0.3, 0.4) is 0 Å². The minimum Gasteiger partial charge on any atom is -0.508 e. The third-order valence-corrected chi connectivity index (χ3v) is 2.67. The molecule has 1 aromatic carbocycles. The van der Waals surface area contributed by atoms with Gasteiger partial charge in [0.1, 0.15) is 5.75 Å². The first-order valence-electron chi connectivity index (χ1n) is 5.26. The molecule has 0 unspecified atom stereocenters. The van der Waals surface area contributed by atoms with Crippen molar-refractivity contribution in [3.8, 4) is 17.1 Å². The van der Waals surface area contributed by atoms with Crippen molar-refractivity contribution in [3.05, 3.63) is 42.6 Å². The van der Waals surface area contributed by atoms with Gasteiger partial charge in [-0.05, 0) is 36.4 Å². The molecule has 84 valence electrons. The van der Waals surface area contributed by atoms with E-state index in [0.29, 0.717) is 5.69 Å². The van der Waals surface area contributed by atoms with E-state index in [4.69, 9.17) is 5.73 Å². The molecule has 0 aliphatic rings. The molecule has 4 heteroatoms. The van der Waals surface area contributed by atoms with Crippen LogP contribution < -0.4 is 5.73 Å². The lowest BCUT2D eigenvalue weighted by atomic mass is 10.2. The van der Waals surface area contributed by atoms with Gasteiger partial charge in [-0.1, -0.05) is 0 Å². The molecule has 0 bridgehead atoms. The summed E-state index contributed by atoms with van der Waals surface area (Å²) in [5, 5.41) is 10.4.